The maximum Gasteiger partial charge on any atom is 0.460 e. The average Bonchev–Trinajstić information content (AvgIpc) is 2.53. The second kappa shape index (κ2) is 8.06. The number of Topliss-reactive ketones (excluding diaryl/α,β-unsaturated/α-hetero) is 1. The molecule has 1 saturated heterocycles. The lowest BCUT2D eigenvalue weighted by molar-refractivity contribution is -0.382. The molecule has 0 radical (unpaired) electrons. The molecule has 1 aliphatic rings. The van der Waals surface area contributed by atoms with Crippen molar-refractivity contribution in [2.45, 2.75) is 36.6 Å². The summed E-state index contributed by atoms with van der Waals surface area (Å²) >= 11 is 1.21. The Balaban J connectivity index is 3.36. The molecular formula is C12H15F9O4S3. The van der Waals surface area contributed by atoms with Crippen LogP contribution in [0.15, 0.2) is 0 Å². The zero-order valence-electron chi connectivity index (χ0n) is 14.0. The average molecular weight is 490 g/mol. The van der Waals surface area contributed by atoms with Crippen molar-refractivity contribution in [3.63, 3.8) is 0 Å². The third-order valence-corrected chi connectivity index (χ3v) is 10.7. The van der Waals surface area contributed by atoms with Gasteiger partial charge in [0.1, 0.15) is 5.78 Å². The second-order valence-corrected chi connectivity index (χ2v) is 11.9. The van der Waals surface area contributed by atoms with Gasteiger partial charge < -0.3 is 0 Å². The first-order chi connectivity index (χ1) is 12.4. The Morgan fingerprint density at radius 2 is 1.43 bits per heavy atom. The highest BCUT2D eigenvalue weighted by Gasteiger charge is 2.86. The molecule has 0 atom stereocenters. The molecule has 0 saturated carbocycles. The van der Waals surface area contributed by atoms with E-state index in [2.05, 4.69) is 3.63 Å². The van der Waals surface area contributed by atoms with Crippen molar-refractivity contribution < 1.29 is 56.4 Å². The predicted molar refractivity (Wildman–Crippen MR) is 85.7 cm³/mol. The van der Waals surface area contributed by atoms with E-state index in [1.54, 1.807) is 0 Å². The minimum absolute atomic E-state index is 0.0997. The highest BCUT2D eigenvalue weighted by Crippen LogP contribution is 2.60. The van der Waals surface area contributed by atoms with Gasteiger partial charge in [-0.05, 0) is 0 Å². The first-order valence-corrected chi connectivity index (χ1v) is 12.0. The van der Waals surface area contributed by atoms with Gasteiger partial charge in [-0.15, -0.1) is 10.3 Å². The van der Waals surface area contributed by atoms with Crippen LogP contribution in [0.5, 0.6) is 0 Å². The van der Waals surface area contributed by atoms with Crippen molar-refractivity contribution in [2.75, 3.05) is 28.8 Å². The zero-order chi connectivity index (χ0) is 22.2. The Morgan fingerprint density at radius 3 is 1.82 bits per heavy atom. The van der Waals surface area contributed by atoms with Crippen LogP contribution in [0.25, 0.3) is 0 Å². The van der Waals surface area contributed by atoms with E-state index in [0.717, 1.165) is 0 Å². The first kappa shape index (κ1) is 25.7. The molecule has 28 heavy (non-hydrogen) atoms. The third-order valence-electron chi connectivity index (χ3n) is 3.68. The number of hydrogen-bond donors (Lipinski definition) is 0. The molecule has 0 spiro atoms. The normalized spacial score (nSPS) is 20.6. The molecule has 0 aliphatic carbocycles. The first-order valence-electron chi connectivity index (χ1n) is 7.38. The molecular weight excluding hydrogens is 475 g/mol. The number of alkyl halides is 9. The minimum atomic E-state index is -7.36. The van der Waals surface area contributed by atoms with Crippen molar-refractivity contribution >= 4 is 38.0 Å². The van der Waals surface area contributed by atoms with Gasteiger partial charge in [-0.1, -0.05) is 6.92 Å². The molecule has 0 aromatic carbocycles. The lowest BCUT2D eigenvalue weighted by Gasteiger charge is -2.42. The molecule has 0 aromatic rings. The molecule has 16 heteroatoms. The Hall–Kier alpha value is -0.350. The van der Waals surface area contributed by atoms with Gasteiger partial charge in [0.25, 0.3) is 0 Å². The van der Waals surface area contributed by atoms with Gasteiger partial charge in [0.05, 0.1) is 5.75 Å². The van der Waals surface area contributed by atoms with Crippen LogP contribution in [0.1, 0.15) is 13.3 Å². The molecule has 1 fully saturated rings. The largest absolute Gasteiger partial charge is 0.460 e. The van der Waals surface area contributed by atoms with Crippen molar-refractivity contribution in [3.8, 4) is 0 Å². The third kappa shape index (κ3) is 4.53. The van der Waals surface area contributed by atoms with Crippen molar-refractivity contribution in [1.29, 1.82) is 0 Å². The number of ketones is 1. The summed E-state index contributed by atoms with van der Waals surface area (Å²) in [6, 6.07) is 0. The fraction of sp³-hybridized carbons (Fsp3) is 0.917. The molecule has 168 valence electrons. The Bertz CT molecular complexity index is 685. The van der Waals surface area contributed by atoms with Crippen molar-refractivity contribution in [1.82, 2.24) is 0 Å². The number of hydrogen-bond acceptors (Lipinski definition) is 5. The maximum atomic E-state index is 13.8. The standard InChI is InChI=1S/C12H15F9O4S3/c1-2-8(22)7-27(5-3-26-4-6-27)25-28(23,24)12(20,21)10(15,16)9(13,14)11(17,18)19/h2-7H2,1H3. The predicted octanol–water partition coefficient (Wildman–Crippen LogP) is 4.20. The van der Waals surface area contributed by atoms with Crippen LogP contribution in [-0.4, -0.2) is 66.2 Å². The van der Waals surface area contributed by atoms with Gasteiger partial charge in [0.2, 0.25) is 0 Å². The topological polar surface area (TPSA) is 60.4 Å². The SMILES string of the molecule is CCC(=O)CS1(OS(=O)(=O)C(F)(F)C(F)(F)C(F)(F)C(F)(F)F)CCSCC1. The van der Waals surface area contributed by atoms with Gasteiger partial charge in [-0.3, -0.25) is 4.79 Å². The van der Waals surface area contributed by atoms with Crippen LogP contribution in [-0.2, 0) is 18.5 Å². The summed E-state index contributed by atoms with van der Waals surface area (Å²) in [7, 11) is -10.2. The van der Waals surface area contributed by atoms with Gasteiger partial charge in [0.15, 0.2) is 0 Å². The van der Waals surface area contributed by atoms with Crippen LogP contribution in [0.3, 0.4) is 0 Å². The summed E-state index contributed by atoms with van der Waals surface area (Å²) in [5, 5.41) is -6.90. The molecule has 1 heterocycles. The van der Waals surface area contributed by atoms with Crippen LogP contribution in [0, 0.1) is 0 Å². The molecule has 0 bridgehead atoms. The lowest BCUT2D eigenvalue weighted by atomic mass is 10.1. The smallest absolute Gasteiger partial charge is 0.299 e. The minimum Gasteiger partial charge on any atom is -0.299 e. The van der Waals surface area contributed by atoms with Gasteiger partial charge in [-0.25, -0.2) is 3.63 Å². The van der Waals surface area contributed by atoms with E-state index in [1.165, 1.54) is 18.7 Å². The van der Waals surface area contributed by atoms with E-state index in [0.29, 0.717) is 0 Å². The van der Waals surface area contributed by atoms with E-state index < -0.39 is 55.2 Å². The summed E-state index contributed by atoms with van der Waals surface area (Å²) in [5.74, 6) is -16.5. The summed E-state index contributed by atoms with van der Waals surface area (Å²) in [6.45, 7) is 1.34. The molecule has 0 aromatic heterocycles. The Morgan fingerprint density at radius 1 is 0.964 bits per heavy atom. The summed E-state index contributed by atoms with van der Waals surface area (Å²) in [5.41, 5.74) is 0. The summed E-state index contributed by atoms with van der Waals surface area (Å²) in [4.78, 5) is 11.6. The zero-order valence-corrected chi connectivity index (χ0v) is 16.5. The fourth-order valence-electron chi connectivity index (χ4n) is 2.01. The number of carbonyl (C=O) groups excluding carboxylic acids is 1. The van der Waals surface area contributed by atoms with Gasteiger partial charge in [0, 0.05) is 29.4 Å². The molecule has 0 unspecified atom stereocenters. The van der Waals surface area contributed by atoms with Crippen LogP contribution >= 0.6 is 22.1 Å². The number of carbonyl (C=O) groups is 1. The van der Waals surface area contributed by atoms with Gasteiger partial charge >= 0.3 is 33.4 Å². The molecule has 0 amide bonds. The Labute approximate surface area is 160 Å². The summed E-state index contributed by atoms with van der Waals surface area (Å²) in [6.07, 6.45) is -7.33. The monoisotopic (exact) mass is 490 g/mol. The highest BCUT2D eigenvalue weighted by molar-refractivity contribution is 8.34. The molecule has 0 N–H and O–H groups in total. The highest BCUT2D eigenvalue weighted by atomic mass is 32.3. The van der Waals surface area contributed by atoms with Crippen molar-refractivity contribution in [2.24, 2.45) is 0 Å². The van der Waals surface area contributed by atoms with Crippen LogP contribution in [0.2, 0.25) is 0 Å². The molecule has 1 aliphatic heterocycles. The van der Waals surface area contributed by atoms with Crippen LogP contribution in [0.4, 0.5) is 39.5 Å². The van der Waals surface area contributed by atoms with E-state index in [1.807, 2.05) is 0 Å². The van der Waals surface area contributed by atoms with E-state index in [4.69, 9.17) is 0 Å². The molecule has 4 nitrogen and oxygen atoms in total. The number of rotatable bonds is 8. The maximum absolute atomic E-state index is 13.8. The number of halogens is 9. The number of thioether (sulfide) groups is 1. The quantitative estimate of drug-likeness (QED) is 0.478. The van der Waals surface area contributed by atoms with Crippen molar-refractivity contribution in [3.05, 3.63) is 0 Å². The van der Waals surface area contributed by atoms with E-state index >= 15 is 0 Å². The van der Waals surface area contributed by atoms with Gasteiger partial charge in [-0.2, -0.15) is 59.7 Å². The Kier molecular flexibility index (Phi) is 7.39. The fourth-order valence-corrected chi connectivity index (χ4v) is 9.91. The van der Waals surface area contributed by atoms with Crippen LogP contribution < -0.4 is 0 Å². The molecule has 1 rings (SSSR count). The lowest BCUT2D eigenvalue weighted by Crippen LogP contribution is -2.63. The second-order valence-electron chi connectivity index (χ2n) is 5.71. The summed E-state index contributed by atoms with van der Waals surface area (Å²) < 4.78 is 145. The van der Waals surface area contributed by atoms with E-state index in [-0.39, 0.29) is 29.4 Å². The van der Waals surface area contributed by atoms with E-state index in [9.17, 15) is 52.7 Å².